The first-order chi connectivity index (χ1) is 8.74. The Morgan fingerprint density at radius 3 is 3.06 bits per heavy atom. The fourth-order valence-corrected chi connectivity index (χ4v) is 1.78. The highest BCUT2D eigenvalue weighted by Gasteiger charge is 2.02. The first-order valence-corrected chi connectivity index (χ1v) is 6.26. The zero-order valence-electron chi connectivity index (χ0n) is 9.51. The summed E-state index contributed by atoms with van der Waals surface area (Å²) in [6.45, 7) is 0. The van der Waals surface area contributed by atoms with Crippen molar-refractivity contribution in [3.8, 4) is 6.19 Å². The molecule has 6 heteroatoms. The maximum atomic E-state index is 11.6. The molecule has 1 aromatic carbocycles. The number of benzene rings is 1. The van der Waals surface area contributed by atoms with Gasteiger partial charge in [-0.05, 0) is 24.5 Å². The minimum atomic E-state index is -0.118. The molecule has 0 amide bonds. The van der Waals surface area contributed by atoms with Crippen molar-refractivity contribution in [3.63, 3.8) is 0 Å². The number of nitrogens with one attached hydrogen (secondary N) is 1. The molecule has 2 aromatic rings. The average Bonchev–Trinajstić information content (AvgIpc) is 2.39. The Morgan fingerprint density at radius 1 is 1.50 bits per heavy atom. The quantitative estimate of drug-likeness (QED) is 0.367. The van der Waals surface area contributed by atoms with E-state index >= 15 is 0 Å². The molecule has 0 saturated carbocycles. The molecule has 90 valence electrons. The molecule has 18 heavy (non-hydrogen) atoms. The van der Waals surface area contributed by atoms with E-state index < -0.39 is 0 Å². The van der Waals surface area contributed by atoms with Crippen molar-refractivity contribution in [2.75, 3.05) is 6.26 Å². The molecule has 0 radical (unpaired) electrons. The van der Waals surface area contributed by atoms with E-state index in [0.717, 1.165) is 0 Å². The third kappa shape index (κ3) is 2.52. The van der Waals surface area contributed by atoms with E-state index in [-0.39, 0.29) is 5.43 Å². The van der Waals surface area contributed by atoms with Crippen molar-refractivity contribution in [2.24, 2.45) is 4.99 Å². The van der Waals surface area contributed by atoms with Crippen molar-refractivity contribution >= 4 is 33.6 Å². The van der Waals surface area contributed by atoms with E-state index in [1.807, 2.05) is 0 Å². The summed E-state index contributed by atoms with van der Waals surface area (Å²) < 4.78 is 5.20. The molecule has 5 nitrogen and oxygen atoms in total. The molecular weight excluding hydrogens is 250 g/mol. The van der Waals surface area contributed by atoms with Crippen molar-refractivity contribution in [1.82, 2.24) is 5.32 Å². The first kappa shape index (κ1) is 12.2. The number of rotatable bonds is 1. The van der Waals surface area contributed by atoms with Crippen LogP contribution in [-0.2, 0) is 0 Å². The third-order valence-electron chi connectivity index (χ3n) is 2.23. The smallest absolute Gasteiger partial charge is 0.192 e. The van der Waals surface area contributed by atoms with Gasteiger partial charge in [-0.3, -0.25) is 10.1 Å². The van der Waals surface area contributed by atoms with E-state index in [0.29, 0.717) is 21.8 Å². The number of amidine groups is 1. The maximum absolute atomic E-state index is 11.6. The van der Waals surface area contributed by atoms with Crippen molar-refractivity contribution in [1.29, 1.82) is 5.26 Å². The van der Waals surface area contributed by atoms with Gasteiger partial charge in [0.15, 0.2) is 16.8 Å². The van der Waals surface area contributed by atoms with E-state index in [2.05, 4.69) is 10.3 Å². The van der Waals surface area contributed by atoms with E-state index in [1.165, 1.54) is 24.1 Å². The molecule has 0 spiro atoms. The number of fused-ring (bicyclic) bond motifs is 1. The van der Waals surface area contributed by atoms with Crippen LogP contribution in [0.15, 0.2) is 44.7 Å². The van der Waals surface area contributed by atoms with Gasteiger partial charge in [0.25, 0.3) is 0 Å². The van der Waals surface area contributed by atoms with Gasteiger partial charge < -0.3 is 4.42 Å². The predicted molar refractivity (Wildman–Crippen MR) is 71.8 cm³/mol. The van der Waals surface area contributed by atoms with Crippen molar-refractivity contribution in [3.05, 3.63) is 40.8 Å². The first-order valence-electron chi connectivity index (χ1n) is 5.04. The van der Waals surface area contributed by atoms with Crippen LogP contribution in [0.25, 0.3) is 11.0 Å². The lowest BCUT2D eigenvalue weighted by molar-refractivity contribution is 0.602. The molecule has 0 bridgehead atoms. The lowest BCUT2D eigenvalue weighted by Gasteiger charge is -2.01. The van der Waals surface area contributed by atoms with Gasteiger partial charge in [0.05, 0.1) is 17.3 Å². The summed E-state index contributed by atoms with van der Waals surface area (Å²) in [5, 5.41) is 11.9. The summed E-state index contributed by atoms with van der Waals surface area (Å²) in [6, 6.07) is 6.40. The second kappa shape index (κ2) is 5.38. The van der Waals surface area contributed by atoms with Gasteiger partial charge in [-0.15, -0.1) is 0 Å². The standard InChI is InChI=1S/C12H9N3O2S/c1-18-12(14-7-13)15-8-2-3-11-9(6-8)10(16)4-5-17-11/h2-6H,1H3,(H,14,15). The molecule has 0 saturated heterocycles. The largest absolute Gasteiger partial charge is 0.464 e. The number of hydrogen-bond acceptors (Lipinski definition) is 5. The normalized spacial score (nSPS) is 11.2. The summed E-state index contributed by atoms with van der Waals surface area (Å²) in [5.41, 5.74) is 0.987. The number of nitriles is 1. The molecule has 0 fully saturated rings. The summed E-state index contributed by atoms with van der Waals surface area (Å²) in [7, 11) is 0. The monoisotopic (exact) mass is 259 g/mol. The summed E-state index contributed by atoms with van der Waals surface area (Å²) in [6.07, 6.45) is 4.97. The van der Waals surface area contributed by atoms with Crippen LogP contribution in [0.4, 0.5) is 5.69 Å². The van der Waals surface area contributed by atoms with Gasteiger partial charge in [0.2, 0.25) is 0 Å². The van der Waals surface area contributed by atoms with Gasteiger partial charge in [-0.25, -0.2) is 4.99 Å². The molecule has 0 aliphatic rings. The average molecular weight is 259 g/mol. The topological polar surface area (TPSA) is 78.4 Å². The predicted octanol–water partition coefficient (Wildman–Crippen LogP) is 2.21. The Labute approximate surface area is 107 Å². The minimum absolute atomic E-state index is 0.118. The molecular formula is C12H9N3O2S. The van der Waals surface area contributed by atoms with Gasteiger partial charge in [-0.2, -0.15) is 5.26 Å². The molecule has 0 aliphatic heterocycles. The lowest BCUT2D eigenvalue weighted by Crippen LogP contribution is -2.12. The molecule has 1 heterocycles. The Bertz CT molecular complexity index is 700. The molecule has 1 aromatic heterocycles. The molecule has 2 rings (SSSR count). The van der Waals surface area contributed by atoms with E-state index in [1.54, 1.807) is 30.6 Å². The number of thioether (sulfide) groups is 1. The SMILES string of the molecule is CSC(=Nc1ccc2occc(=O)c2c1)NC#N. The zero-order valence-corrected chi connectivity index (χ0v) is 10.3. The van der Waals surface area contributed by atoms with Crippen LogP contribution in [0.2, 0.25) is 0 Å². The molecule has 0 aliphatic carbocycles. The van der Waals surface area contributed by atoms with Crippen LogP contribution < -0.4 is 10.7 Å². The van der Waals surface area contributed by atoms with Crippen LogP contribution >= 0.6 is 11.8 Å². The fourth-order valence-electron chi connectivity index (χ4n) is 1.43. The highest BCUT2D eigenvalue weighted by atomic mass is 32.2. The second-order valence-corrected chi connectivity index (χ2v) is 4.12. The Morgan fingerprint density at radius 2 is 2.33 bits per heavy atom. The second-order valence-electron chi connectivity index (χ2n) is 3.32. The molecule has 1 N–H and O–H groups in total. The minimum Gasteiger partial charge on any atom is -0.464 e. The van der Waals surface area contributed by atoms with Gasteiger partial charge >= 0.3 is 0 Å². The summed E-state index contributed by atoms with van der Waals surface area (Å²) in [4.78, 5) is 15.9. The number of nitrogens with zero attached hydrogens (tertiary/aromatic N) is 2. The van der Waals surface area contributed by atoms with Crippen LogP contribution in [0.1, 0.15) is 0 Å². The van der Waals surface area contributed by atoms with Crippen LogP contribution in [0.5, 0.6) is 0 Å². The highest BCUT2D eigenvalue weighted by Crippen LogP contribution is 2.19. The van der Waals surface area contributed by atoms with E-state index in [9.17, 15) is 4.79 Å². The highest BCUT2D eigenvalue weighted by molar-refractivity contribution is 8.13. The lowest BCUT2D eigenvalue weighted by atomic mass is 10.2. The Balaban J connectivity index is 2.51. The molecule has 0 unspecified atom stereocenters. The van der Waals surface area contributed by atoms with Crippen molar-refractivity contribution in [2.45, 2.75) is 0 Å². The van der Waals surface area contributed by atoms with E-state index in [4.69, 9.17) is 9.68 Å². The van der Waals surface area contributed by atoms with Crippen LogP contribution in [0, 0.1) is 11.5 Å². The summed E-state index contributed by atoms with van der Waals surface area (Å²) >= 11 is 1.31. The van der Waals surface area contributed by atoms with Gasteiger partial charge in [0, 0.05) is 6.07 Å². The third-order valence-corrected chi connectivity index (χ3v) is 2.81. The van der Waals surface area contributed by atoms with Gasteiger partial charge in [-0.1, -0.05) is 11.8 Å². The van der Waals surface area contributed by atoms with Crippen LogP contribution in [-0.4, -0.2) is 11.4 Å². The maximum Gasteiger partial charge on any atom is 0.192 e. The summed E-state index contributed by atoms with van der Waals surface area (Å²) in [5.74, 6) is 0. The Hall–Kier alpha value is -2.26. The van der Waals surface area contributed by atoms with Crippen LogP contribution in [0.3, 0.4) is 0 Å². The molecule has 0 atom stereocenters. The zero-order chi connectivity index (χ0) is 13.0. The van der Waals surface area contributed by atoms with Gasteiger partial charge in [0.1, 0.15) is 5.58 Å². The number of aliphatic imine (C=N–C) groups is 1. The van der Waals surface area contributed by atoms with Crippen molar-refractivity contribution < 1.29 is 4.42 Å². The number of hydrogen-bond donors (Lipinski definition) is 1. The fraction of sp³-hybridized carbons (Fsp3) is 0.0833. The Kier molecular flexibility index (Phi) is 3.65.